The summed E-state index contributed by atoms with van der Waals surface area (Å²) in [5, 5.41) is 0. The molecule has 1 heterocycles. The van der Waals surface area contributed by atoms with Crippen molar-refractivity contribution in [3.63, 3.8) is 0 Å². The summed E-state index contributed by atoms with van der Waals surface area (Å²) in [4.78, 5) is 4.73. The topological polar surface area (TPSA) is 43.8 Å². The summed E-state index contributed by atoms with van der Waals surface area (Å²) in [7, 11) is 2.10. The van der Waals surface area contributed by atoms with Gasteiger partial charge in [-0.25, -0.2) is 4.98 Å². The second-order valence-electron chi connectivity index (χ2n) is 6.48. The fourth-order valence-corrected chi connectivity index (χ4v) is 2.33. The minimum atomic E-state index is 0.0106. The van der Waals surface area contributed by atoms with E-state index in [2.05, 4.69) is 57.5 Å². The largest absolute Gasteiger partial charge is 0.331 e. The molecule has 1 aromatic heterocycles. The number of nitrogens with two attached hydrogens (primary N) is 1. The average molecular weight is 259 g/mol. The van der Waals surface area contributed by atoms with Gasteiger partial charge in [-0.3, -0.25) is 0 Å². The van der Waals surface area contributed by atoms with Crippen LogP contribution >= 0.6 is 0 Å². The Morgan fingerprint density at radius 3 is 2.58 bits per heavy atom. The van der Waals surface area contributed by atoms with Crippen LogP contribution in [0.1, 0.15) is 39.1 Å². The minimum absolute atomic E-state index is 0.0106. The summed E-state index contributed by atoms with van der Waals surface area (Å²) in [5.41, 5.74) is 9.44. The Morgan fingerprint density at radius 2 is 2.00 bits per heavy atom. The summed E-state index contributed by atoms with van der Waals surface area (Å²) >= 11 is 0. The van der Waals surface area contributed by atoms with E-state index in [1.165, 1.54) is 11.1 Å². The summed E-state index contributed by atoms with van der Waals surface area (Å²) in [6, 6.07) is 6.51. The lowest BCUT2D eigenvalue weighted by Gasteiger charge is -2.23. The van der Waals surface area contributed by atoms with Crippen LogP contribution in [-0.2, 0) is 18.9 Å². The third kappa shape index (κ3) is 2.66. The number of imidazole rings is 1. The number of nitrogens with zero attached hydrogens (tertiary/aromatic N) is 2. The highest BCUT2D eigenvalue weighted by molar-refractivity contribution is 5.77. The summed E-state index contributed by atoms with van der Waals surface area (Å²) in [6.07, 6.45) is 1.01. The molecule has 0 unspecified atom stereocenters. The molecule has 0 saturated carbocycles. The molecule has 0 bridgehead atoms. The smallest absolute Gasteiger partial charge is 0.109 e. The maximum atomic E-state index is 5.87. The molecule has 0 spiro atoms. The molecule has 0 fully saturated rings. The average Bonchev–Trinajstić information content (AvgIpc) is 2.65. The third-order valence-corrected chi connectivity index (χ3v) is 3.86. The van der Waals surface area contributed by atoms with Gasteiger partial charge in [-0.05, 0) is 23.6 Å². The van der Waals surface area contributed by atoms with Crippen molar-refractivity contribution in [3.05, 3.63) is 29.6 Å². The second-order valence-corrected chi connectivity index (χ2v) is 6.48. The molecule has 0 atom stereocenters. The van der Waals surface area contributed by atoms with Gasteiger partial charge in [-0.1, -0.05) is 33.8 Å². The Morgan fingerprint density at radius 1 is 1.32 bits per heavy atom. The highest BCUT2D eigenvalue weighted by atomic mass is 15.1. The van der Waals surface area contributed by atoms with E-state index in [1.807, 2.05) is 0 Å². The van der Waals surface area contributed by atoms with E-state index >= 15 is 0 Å². The van der Waals surface area contributed by atoms with E-state index in [1.54, 1.807) is 0 Å². The molecule has 0 aliphatic rings. The number of hydrogen-bond donors (Lipinski definition) is 1. The van der Waals surface area contributed by atoms with Gasteiger partial charge in [-0.2, -0.15) is 0 Å². The van der Waals surface area contributed by atoms with Crippen molar-refractivity contribution >= 4 is 11.0 Å². The zero-order valence-corrected chi connectivity index (χ0v) is 12.7. The summed E-state index contributed by atoms with van der Waals surface area (Å²) in [5.74, 6) is 1.78. The van der Waals surface area contributed by atoms with E-state index in [0.29, 0.717) is 12.5 Å². The first kappa shape index (κ1) is 14.1. The molecule has 2 rings (SSSR count). The number of benzene rings is 1. The molecule has 104 valence electrons. The normalized spacial score (nSPS) is 12.6. The molecule has 0 aliphatic heterocycles. The van der Waals surface area contributed by atoms with Crippen LogP contribution < -0.4 is 5.73 Å². The van der Waals surface area contributed by atoms with Gasteiger partial charge in [0.05, 0.1) is 11.0 Å². The van der Waals surface area contributed by atoms with Gasteiger partial charge >= 0.3 is 0 Å². The molecule has 0 aliphatic carbocycles. The molecular formula is C16H25N3. The molecular weight excluding hydrogens is 234 g/mol. The van der Waals surface area contributed by atoms with E-state index in [0.717, 1.165) is 17.8 Å². The number of fused-ring (bicyclic) bond motifs is 1. The molecule has 0 saturated heterocycles. The quantitative estimate of drug-likeness (QED) is 0.917. The van der Waals surface area contributed by atoms with Crippen molar-refractivity contribution in [3.8, 4) is 0 Å². The highest BCUT2D eigenvalue weighted by Gasteiger charge is 2.20. The van der Waals surface area contributed by atoms with Crippen LogP contribution in [0.4, 0.5) is 0 Å². The Kier molecular flexibility index (Phi) is 3.68. The first-order valence-corrected chi connectivity index (χ1v) is 7.01. The predicted molar refractivity (Wildman–Crippen MR) is 81.3 cm³/mol. The van der Waals surface area contributed by atoms with Crippen molar-refractivity contribution in [1.29, 1.82) is 0 Å². The molecule has 0 amide bonds. The van der Waals surface area contributed by atoms with Crippen LogP contribution in [0.15, 0.2) is 18.2 Å². The first-order valence-electron chi connectivity index (χ1n) is 7.01. The van der Waals surface area contributed by atoms with Crippen molar-refractivity contribution in [1.82, 2.24) is 9.55 Å². The van der Waals surface area contributed by atoms with Crippen LogP contribution in [0.2, 0.25) is 0 Å². The van der Waals surface area contributed by atoms with Crippen molar-refractivity contribution in [2.24, 2.45) is 18.7 Å². The lowest BCUT2D eigenvalue weighted by molar-refractivity contribution is 0.539. The van der Waals surface area contributed by atoms with Crippen LogP contribution in [0.25, 0.3) is 11.0 Å². The fraction of sp³-hybridized carbons (Fsp3) is 0.562. The van der Waals surface area contributed by atoms with Crippen LogP contribution in [0, 0.1) is 5.92 Å². The standard InChI is InChI=1S/C16H25N3/c1-11(2)8-15-18-13-7-6-12(16(3,4)10-17)9-14(13)19(15)5/h6-7,9,11H,8,10,17H2,1-5H3. The monoisotopic (exact) mass is 259 g/mol. The Bertz CT molecular complexity index is 579. The SMILES string of the molecule is CC(C)Cc1nc2ccc(C(C)(C)CN)cc2n1C. The maximum Gasteiger partial charge on any atom is 0.109 e. The number of hydrogen-bond acceptors (Lipinski definition) is 2. The van der Waals surface area contributed by atoms with Gasteiger partial charge in [-0.15, -0.1) is 0 Å². The third-order valence-electron chi connectivity index (χ3n) is 3.86. The van der Waals surface area contributed by atoms with Crippen LogP contribution in [0.5, 0.6) is 0 Å². The molecule has 3 heteroatoms. The van der Waals surface area contributed by atoms with Crippen molar-refractivity contribution in [2.75, 3.05) is 6.54 Å². The van der Waals surface area contributed by atoms with Crippen LogP contribution in [0.3, 0.4) is 0 Å². The highest BCUT2D eigenvalue weighted by Crippen LogP contribution is 2.26. The fourth-order valence-electron chi connectivity index (χ4n) is 2.33. The van der Waals surface area contributed by atoms with Gasteiger partial charge in [0.2, 0.25) is 0 Å². The van der Waals surface area contributed by atoms with Crippen molar-refractivity contribution < 1.29 is 0 Å². The zero-order chi connectivity index (χ0) is 14.2. The maximum absolute atomic E-state index is 5.87. The van der Waals surface area contributed by atoms with Gasteiger partial charge in [0.15, 0.2) is 0 Å². The Hall–Kier alpha value is -1.35. The second kappa shape index (κ2) is 4.97. The number of aryl methyl sites for hydroxylation is 1. The Labute approximate surface area is 115 Å². The van der Waals surface area contributed by atoms with Gasteiger partial charge in [0.1, 0.15) is 5.82 Å². The molecule has 19 heavy (non-hydrogen) atoms. The molecule has 2 aromatic rings. The molecule has 0 radical (unpaired) electrons. The predicted octanol–water partition coefficient (Wildman–Crippen LogP) is 3.01. The van der Waals surface area contributed by atoms with Gasteiger partial charge in [0.25, 0.3) is 0 Å². The van der Waals surface area contributed by atoms with Gasteiger partial charge in [0, 0.05) is 25.4 Å². The minimum Gasteiger partial charge on any atom is -0.331 e. The van der Waals surface area contributed by atoms with E-state index in [-0.39, 0.29) is 5.41 Å². The van der Waals surface area contributed by atoms with Gasteiger partial charge < -0.3 is 10.3 Å². The molecule has 3 nitrogen and oxygen atoms in total. The Balaban J connectivity index is 2.51. The summed E-state index contributed by atoms with van der Waals surface area (Å²) in [6.45, 7) is 9.46. The van der Waals surface area contributed by atoms with Crippen molar-refractivity contribution in [2.45, 2.75) is 39.5 Å². The lowest BCUT2D eigenvalue weighted by atomic mass is 9.85. The van der Waals surface area contributed by atoms with E-state index < -0.39 is 0 Å². The zero-order valence-electron chi connectivity index (χ0n) is 12.7. The number of aromatic nitrogens is 2. The molecule has 1 aromatic carbocycles. The molecule has 2 N–H and O–H groups in total. The van der Waals surface area contributed by atoms with E-state index in [4.69, 9.17) is 10.7 Å². The number of rotatable bonds is 4. The van der Waals surface area contributed by atoms with Crippen LogP contribution in [-0.4, -0.2) is 16.1 Å². The summed E-state index contributed by atoms with van der Waals surface area (Å²) < 4.78 is 2.21. The first-order chi connectivity index (χ1) is 8.85. The van der Waals surface area contributed by atoms with E-state index in [9.17, 15) is 0 Å². The lowest BCUT2D eigenvalue weighted by Crippen LogP contribution is -2.27.